The number of carbonyl (C=O) groups excluding carboxylic acids is 1. The van der Waals surface area contributed by atoms with Gasteiger partial charge in [0.05, 0.1) is 0 Å². The molecular weight excluding hydrogens is 352 g/mol. The van der Waals surface area contributed by atoms with Gasteiger partial charge in [0.25, 0.3) is 0 Å². The summed E-state index contributed by atoms with van der Waals surface area (Å²) in [5, 5.41) is 20.2. The van der Waals surface area contributed by atoms with Crippen LogP contribution in [0.4, 0.5) is 11.4 Å². The van der Waals surface area contributed by atoms with Crippen molar-refractivity contribution in [2.24, 2.45) is 0 Å². The van der Waals surface area contributed by atoms with E-state index in [1.165, 1.54) is 0 Å². The van der Waals surface area contributed by atoms with Gasteiger partial charge in [0.1, 0.15) is 12.5 Å². The van der Waals surface area contributed by atoms with E-state index in [0.29, 0.717) is 37.1 Å². The second-order valence-electron chi connectivity index (χ2n) is 6.77. The van der Waals surface area contributed by atoms with Crippen LogP contribution in [0.25, 0.3) is 0 Å². The van der Waals surface area contributed by atoms with Gasteiger partial charge in [-0.1, -0.05) is 13.8 Å². The molecule has 0 radical (unpaired) electrons. The van der Waals surface area contributed by atoms with E-state index in [1.807, 2.05) is 61.8 Å². The first-order valence-corrected chi connectivity index (χ1v) is 10.1. The van der Waals surface area contributed by atoms with E-state index in [9.17, 15) is 15.0 Å². The van der Waals surface area contributed by atoms with Gasteiger partial charge in [-0.25, -0.2) is 0 Å². The number of hydrogen-bond donors (Lipinski definition) is 2. The second kappa shape index (κ2) is 10.2. The quantitative estimate of drug-likeness (QED) is 0.478. The van der Waals surface area contributed by atoms with Gasteiger partial charge in [-0.3, -0.25) is 4.79 Å². The summed E-state index contributed by atoms with van der Waals surface area (Å²) in [6.07, 6.45) is 0.225. The lowest BCUT2D eigenvalue weighted by atomic mass is 10.0. The Balaban J connectivity index is 2.17. The third kappa shape index (κ3) is 4.91. The van der Waals surface area contributed by atoms with E-state index in [2.05, 4.69) is 0 Å². The van der Waals surface area contributed by atoms with Crippen LogP contribution in [0, 0.1) is 0 Å². The lowest BCUT2D eigenvalue weighted by molar-refractivity contribution is 0.103. The van der Waals surface area contributed by atoms with Gasteiger partial charge >= 0.3 is 0 Å². The van der Waals surface area contributed by atoms with Crippen molar-refractivity contribution < 1.29 is 15.0 Å². The van der Waals surface area contributed by atoms with Gasteiger partial charge < -0.3 is 20.0 Å². The Labute approximate surface area is 168 Å². The van der Waals surface area contributed by atoms with Gasteiger partial charge in [0, 0.05) is 35.6 Å². The van der Waals surface area contributed by atoms with Crippen LogP contribution >= 0.6 is 0 Å². The van der Waals surface area contributed by atoms with Crippen molar-refractivity contribution in [3.63, 3.8) is 0 Å². The number of ketones is 1. The molecule has 2 aromatic carbocycles. The van der Waals surface area contributed by atoms with Crippen molar-refractivity contribution in [2.45, 2.75) is 53.0 Å². The molecule has 0 bridgehead atoms. The summed E-state index contributed by atoms with van der Waals surface area (Å²) in [5.41, 5.74) is 3.02. The molecule has 2 aromatic rings. The molecule has 152 valence electrons. The fourth-order valence-electron chi connectivity index (χ4n) is 3.35. The Kier molecular flexibility index (Phi) is 8.03. The van der Waals surface area contributed by atoms with Crippen LogP contribution in [0.15, 0.2) is 48.5 Å². The second-order valence-corrected chi connectivity index (χ2v) is 6.77. The minimum absolute atomic E-state index is 0.0451. The smallest absolute Gasteiger partial charge is 0.193 e. The molecule has 0 aromatic heterocycles. The lowest BCUT2D eigenvalue weighted by Gasteiger charge is -2.28. The van der Waals surface area contributed by atoms with Crippen LogP contribution in [0.2, 0.25) is 0 Å². The molecule has 0 saturated carbocycles. The van der Waals surface area contributed by atoms with Crippen molar-refractivity contribution in [3.8, 4) is 0 Å². The molecule has 5 nitrogen and oxygen atoms in total. The molecule has 0 fully saturated rings. The zero-order valence-electron chi connectivity index (χ0n) is 17.3. The van der Waals surface area contributed by atoms with Gasteiger partial charge in [-0.05, 0) is 75.2 Å². The van der Waals surface area contributed by atoms with Gasteiger partial charge in [0.15, 0.2) is 5.78 Å². The topological polar surface area (TPSA) is 64.0 Å². The highest BCUT2D eigenvalue weighted by Gasteiger charge is 2.16. The highest BCUT2D eigenvalue weighted by Crippen LogP contribution is 2.22. The number of nitrogens with zero attached hydrogens (tertiary/aromatic N) is 2. The Morgan fingerprint density at radius 1 is 0.714 bits per heavy atom. The van der Waals surface area contributed by atoms with E-state index < -0.39 is 12.5 Å². The molecule has 0 aliphatic heterocycles. The van der Waals surface area contributed by atoms with Crippen molar-refractivity contribution in [3.05, 3.63) is 59.7 Å². The maximum atomic E-state index is 12.8. The van der Waals surface area contributed by atoms with E-state index in [1.54, 1.807) is 24.3 Å². The first kappa shape index (κ1) is 21.9. The number of anilines is 2. The van der Waals surface area contributed by atoms with E-state index >= 15 is 0 Å². The molecule has 0 amide bonds. The molecule has 5 heteroatoms. The molecule has 0 heterocycles. The Morgan fingerprint density at radius 2 is 1.04 bits per heavy atom. The molecule has 2 N–H and O–H groups in total. The highest BCUT2D eigenvalue weighted by molar-refractivity contribution is 6.09. The van der Waals surface area contributed by atoms with Gasteiger partial charge in [-0.15, -0.1) is 0 Å². The van der Waals surface area contributed by atoms with E-state index in [4.69, 9.17) is 0 Å². The summed E-state index contributed by atoms with van der Waals surface area (Å²) in [5.74, 6) is -0.0451. The first-order valence-electron chi connectivity index (χ1n) is 10.1. The standard InChI is InChI=1S/C23H32N2O3/c1-5-21(26)24(7-3)19-13-9-17(10-14-19)23(28)18-11-15-20(16-12-18)25(8-4)22(27)6-2/h9-16,21-22,26-27H,5-8H2,1-4H3. The van der Waals surface area contributed by atoms with Gasteiger partial charge in [0.2, 0.25) is 0 Å². The average Bonchev–Trinajstić information content (AvgIpc) is 2.74. The van der Waals surface area contributed by atoms with Crippen LogP contribution < -0.4 is 9.80 Å². The van der Waals surface area contributed by atoms with E-state index in [-0.39, 0.29) is 5.78 Å². The molecule has 2 unspecified atom stereocenters. The van der Waals surface area contributed by atoms with E-state index in [0.717, 1.165) is 11.4 Å². The minimum Gasteiger partial charge on any atom is -0.374 e. The minimum atomic E-state index is -0.529. The van der Waals surface area contributed by atoms with Crippen LogP contribution in [-0.4, -0.2) is 41.5 Å². The first-order chi connectivity index (χ1) is 13.5. The molecule has 2 atom stereocenters. The third-order valence-corrected chi connectivity index (χ3v) is 5.05. The number of rotatable bonds is 10. The Morgan fingerprint density at radius 3 is 1.29 bits per heavy atom. The third-order valence-electron chi connectivity index (χ3n) is 5.05. The largest absolute Gasteiger partial charge is 0.374 e. The summed E-state index contributed by atoms with van der Waals surface area (Å²) < 4.78 is 0. The van der Waals surface area contributed by atoms with Crippen LogP contribution in [-0.2, 0) is 0 Å². The maximum absolute atomic E-state index is 12.8. The molecular formula is C23H32N2O3. The number of carbonyl (C=O) groups is 1. The van der Waals surface area contributed by atoms with Crippen molar-refractivity contribution in [2.75, 3.05) is 22.9 Å². The monoisotopic (exact) mass is 384 g/mol. The maximum Gasteiger partial charge on any atom is 0.193 e. The summed E-state index contributed by atoms with van der Waals surface area (Å²) in [6, 6.07) is 14.7. The molecule has 28 heavy (non-hydrogen) atoms. The fraction of sp³-hybridized carbons (Fsp3) is 0.435. The summed E-state index contributed by atoms with van der Waals surface area (Å²) in [4.78, 5) is 16.6. The molecule has 0 aliphatic carbocycles. The fourth-order valence-corrected chi connectivity index (χ4v) is 3.35. The van der Waals surface area contributed by atoms with Crippen molar-refractivity contribution >= 4 is 17.2 Å². The predicted octanol–water partition coefficient (Wildman–Crippen LogP) is 4.03. The molecule has 0 aliphatic rings. The van der Waals surface area contributed by atoms with Crippen molar-refractivity contribution in [1.29, 1.82) is 0 Å². The lowest BCUT2D eigenvalue weighted by Crippen LogP contribution is -2.34. The average molecular weight is 385 g/mol. The molecule has 0 spiro atoms. The molecule has 2 rings (SSSR count). The summed E-state index contributed by atoms with van der Waals surface area (Å²) in [6.45, 7) is 9.26. The zero-order chi connectivity index (χ0) is 20.7. The SMILES string of the molecule is CCC(O)N(CC)c1ccc(C(=O)c2ccc(N(CC)C(O)CC)cc2)cc1. The normalized spacial score (nSPS) is 13.1. The van der Waals surface area contributed by atoms with Crippen LogP contribution in [0.3, 0.4) is 0 Å². The Bertz CT molecular complexity index is 680. The predicted molar refractivity (Wildman–Crippen MR) is 115 cm³/mol. The number of hydrogen-bond acceptors (Lipinski definition) is 5. The number of aliphatic hydroxyl groups excluding tert-OH is 2. The summed E-state index contributed by atoms with van der Waals surface area (Å²) in [7, 11) is 0. The van der Waals surface area contributed by atoms with Gasteiger partial charge in [-0.2, -0.15) is 0 Å². The van der Waals surface area contributed by atoms with Crippen LogP contribution in [0.5, 0.6) is 0 Å². The Hall–Kier alpha value is -2.37. The number of benzene rings is 2. The molecule has 0 saturated heterocycles. The summed E-state index contributed by atoms with van der Waals surface area (Å²) >= 11 is 0. The van der Waals surface area contributed by atoms with Crippen LogP contribution in [0.1, 0.15) is 56.5 Å². The number of aliphatic hydroxyl groups is 2. The van der Waals surface area contributed by atoms with Crippen molar-refractivity contribution in [1.82, 2.24) is 0 Å². The highest BCUT2D eigenvalue weighted by atomic mass is 16.3. The zero-order valence-corrected chi connectivity index (χ0v) is 17.3.